The first-order chi connectivity index (χ1) is 8.20. The molecule has 0 aromatic heterocycles. The van der Waals surface area contributed by atoms with Gasteiger partial charge in [-0.25, -0.2) is 4.79 Å². The smallest absolute Gasteiger partial charge is 0.335 e. The number of benzene rings is 1. The van der Waals surface area contributed by atoms with Crippen molar-refractivity contribution in [1.82, 2.24) is 0 Å². The summed E-state index contributed by atoms with van der Waals surface area (Å²) >= 11 is 0. The van der Waals surface area contributed by atoms with E-state index < -0.39 is 5.97 Å². The van der Waals surface area contributed by atoms with Crippen LogP contribution in [0.4, 0.5) is 0 Å². The molecule has 1 heterocycles. The Labute approximate surface area is 101 Å². The third-order valence-electron chi connectivity index (χ3n) is 3.58. The predicted octanol–water partition coefficient (Wildman–Crippen LogP) is 2.91. The summed E-state index contributed by atoms with van der Waals surface area (Å²) in [6.07, 6.45) is 2.19. The number of rotatable bonds is 3. The van der Waals surface area contributed by atoms with E-state index in [-0.39, 0.29) is 5.92 Å². The lowest BCUT2D eigenvalue weighted by Gasteiger charge is -2.28. The van der Waals surface area contributed by atoms with Crippen LogP contribution in [0.25, 0.3) is 0 Å². The van der Waals surface area contributed by atoms with Gasteiger partial charge in [0.25, 0.3) is 0 Å². The van der Waals surface area contributed by atoms with Crippen molar-refractivity contribution in [2.24, 2.45) is 5.92 Å². The van der Waals surface area contributed by atoms with Crippen molar-refractivity contribution in [2.45, 2.75) is 25.7 Å². The zero-order valence-electron chi connectivity index (χ0n) is 10.1. The van der Waals surface area contributed by atoms with Gasteiger partial charge in [-0.1, -0.05) is 25.1 Å². The van der Waals surface area contributed by atoms with Crippen LogP contribution in [0.2, 0.25) is 0 Å². The molecule has 1 aromatic carbocycles. The number of carbonyl (C=O) groups is 1. The summed E-state index contributed by atoms with van der Waals surface area (Å²) in [5, 5.41) is 9.18. The molecule has 2 unspecified atom stereocenters. The number of aromatic carboxylic acids is 1. The Hall–Kier alpha value is -1.35. The maximum absolute atomic E-state index is 11.2. The van der Waals surface area contributed by atoms with Crippen LogP contribution in [0.1, 0.15) is 41.6 Å². The van der Waals surface area contributed by atoms with Gasteiger partial charge in [0.2, 0.25) is 0 Å². The molecular weight excluding hydrogens is 216 g/mol. The molecule has 0 aliphatic carbocycles. The van der Waals surface area contributed by atoms with Crippen LogP contribution >= 0.6 is 0 Å². The van der Waals surface area contributed by atoms with Gasteiger partial charge in [0.1, 0.15) is 0 Å². The first kappa shape index (κ1) is 12.1. The van der Waals surface area contributed by atoms with Gasteiger partial charge in [0.05, 0.1) is 5.56 Å². The SMILES string of the molecule is CC(c1ccccc1C(=O)O)C1CCCOC1. The van der Waals surface area contributed by atoms with E-state index in [2.05, 4.69) is 6.92 Å². The summed E-state index contributed by atoms with van der Waals surface area (Å²) in [4.78, 5) is 11.2. The Kier molecular flexibility index (Phi) is 3.79. The van der Waals surface area contributed by atoms with Gasteiger partial charge >= 0.3 is 5.97 Å². The number of hydrogen-bond donors (Lipinski definition) is 1. The Morgan fingerprint density at radius 3 is 2.88 bits per heavy atom. The highest BCUT2D eigenvalue weighted by atomic mass is 16.5. The van der Waals surface area contributed by atoms with Crippen molar-refractivity contribution in [3.05, 3.63) is 35.4 Å². The van der Waals surface area contributed by atoms with E-state index in [1.807, 2.05) is 12.1 Å². The van der Waals surface area contributed by atoms with E-state index >= 15 is 0 Å². The summed E-state index contributed by atoms with van der Waals surface area (Å²) in [6, 6.07) is 7.28. The summed E-state index contributed by atoms with van der Waals surface area (Å²) < 4.78 is 5.48. The second-order valence-corrected chi connectivity index (χ2v) is 4.66. The third-order valence-corrected chi connectivity index (χ3v) is 3.58. The van der Waals surface area contributed by atoms with Gasteiger partial charge < -0.3 is 9.84 Å². The quantitative estimate of drug-likeness (QED) is 0.874. The number of carboxylic acids is 1. The Morgan fingerprint density at radius 1 is 1.47 bits per heavy atom. The van der Waals surface area contributed by atoms with Crippen LogP contribution in [-0.4, -0.2) is 24.3 Å². The predicted molar refractivity (Wildman–Crippen MR) is 65.4 cm³/mol. The van der Waals surface area contributed by atoms with Crippen LogP contribution in [0.15, 0.2) is 24.3 Å². The molecule has 0 amide bonds. The molecule has 0 bridgehead atoms. The van der Waals surface area contributed by atoms with Crippen LogP contribution in [0, 0.1) is 5.92 Å². The van der Waals surface area contributed by atoms with Crippen LogP contribution in [0.3, 0.4) is 0 Å². The Balaban J connectivity index is 2.23. The van der Waals surface area contributed by atoms with Crippen molar-refractivity contribution in [3.63, 3.8) is 0 Å². The second kappa shape index (κ2) is 5.32. The molecule has 17 heavy (non-hydrogen) atoms. The lowest BCUT2D eigenvalue weighted by atomic mass is 9.82. The van der Waals surface area contributed by atoms with E-state index in [1.165, 1.54) is 0 Å². The van der Waals surface area contributed by atoms with Gasteiger partial charge in [-0.15, -0.1) is 0 Å². The first-order valence-corrected chi connectivity index (χ1v) is 6.10. The molecule has 1 aliphatic heterocycles. The molecule has 1 fully saturated rings. The van der Waals surface area contributed by atoms with Crippen LogP contribution in [0.5, 0.6) is 0 Å². The zero-order chi connectivity index (χ0) is 12.3. The van der Waals surface area contributed by atoms with E-state index in [4.69, 9.17) is 4.74 Å². The maximum Gasteiger partial charge on any atom is 0.335 e. The van der Waals surface area contributed by atoms with Crippen molar-refractivity contribution in [2.75, 3.05) is 13.2 Å². The highest BCUT2D eigenvalue weighted by Crippen LogP contribution is 2.32. The largest absolute Gasteiger partial charge is 0.478 e. The summed E-state index contributed by atoms with van der Waals surface area (Å²) in [5.74, 6) is -0.170. The van der Waals surface area contributed by atoms with E-state index in [0.29, 0.717) is 11.5 Å². The lowest BCUT2D eigenvalue weighted by Crippen LogP contribution is -2.23. The van der Waals surface area contributed by atoms with Crippen molar-refractivity contribution in [1.29, 1.82) is 0 Å². The standard InChI is InChI=1S/C14H18O3/c1-10(11-5-4-8-17-9-11)12-6-2-3-7-13(12)14(15)16/h2-3,6-7,10-11H,4-5,8-9H2,1H3,(H,15,16). The van der Waals surface area contributed by atoms with Gasteiger partial charge in [-0.05, 0) is 36.3 Å². The fourth-order valence-electron chi connectivity index (χ4n) is 2.50. The molecule has 1 N–H and O–H groups in total. The number of ether oxygens (including phenoxy) is 1. The minimum atomic E-state index is -0.843. The molecule has 1 aliphatic rings. The molecule has 0 spiro atoms. The molecule has 2 atom stereocenters. The molecule has 3 heteroatoms. The van der Waals surface area contributed by atoms with Crippen LogP contribution < -0.4 is 0 Å². The van der Waals surface area contributed by atoms with E-state index in [1.54, 1.807) is 12.1 Å². The van der Waals surface area contributed by atoms with E-state index in [0.717, 1.165) is 31.6 Å². The fourth-order valence-corrected chi connectivity index (χ4v) is 2.50. The molecule has 1 saturated heterocycles. The molecule has 2 rings (SSSR count). The summed E-state index contributed by atoms with van der Waals surface area (Å²) in [6.45, 7) is 3.68. The molecule has 92 valence electrons. The highest BCUT2D eigenvalue weighted by molar-refractivity contribution is 5.89. The number of carboxylic acid groups (broad SMARTS) is 1. The highest BCUT2D eigenvalue weighted by Gasteiger charge is 2.24. The van der Waals surface area contributed by atoms with Gasteiger partial charge in [-0.2, -0.15) is 0 Å². The van der Waals surface area contributed by atoms with E-state index in [9.17, 15) is 9.90 Å². The minimum absolute atomic E-state index is 0.239. The summed E-state index contributed by atoms with van der Waals surface area (Å²) in [5.41, 5.74) is 1.35. The van der Waals surface area contributed by atoms with Crippen molar-refractivity contribution < 1.29 is 14.6 Å². The average molecular weight is 234 g/mol. The fraction of sp³-hybridized carbons (Fsp3) is 0.500. The zero-order valence-corrected chi connectivity index (χ0v) is 10.1. The van der Waals surface area contributed by atoms with Gasteiger partial charge in [0, 0.05) is 13.2 Å². The van der Waals surface area contributed by atoms with Gasteiger partial charge in [-0.3, -0.25) is 0 Å². The first-order valence-electron chi connectivity index (χ1n) is 6.10. The molecular formula is C14H18O3. The van der Waals surface area contributed by atoms with Crippen LogP contribution in [-0.2, 0) is 4.74 Å². The second-order valence-electron chi connectivity index (χ2n) is 4.66. The Morgan fingerprint density at radius 2 is 2.24 bits per heavy atom. The maximum atomic E-state index is 11.2. The topological polar surface area (TPSA) is 46.5 Å². The van der Waals surface area contributed by atoms with Crippen molar-refractivity contribution in [3.8, 4) is 0 Å². The average Bonchev–Trinajstić information content (AvgIpc) is 2.39. The molecule has 0 radical (unpaired) electrons. The minimum Gasteiger partial charge on any atom is -0.478 e. The lowest BCUT2D eigenvalue weighted by molar-refractivity contribution is 0.0458. The summed E-state index contributed by atoms with van der Waals surface area (Å²) in [7, 11) is 0. The number of hydrogen-bond acceptors (Lipinski definition) is 2. The third kappa shape index (κ3) is 2.67. The molecule has 0 saturated carbocycles. The van der Waals surface area contributed by atoms with Gasteiger partial charge in [0.15, 0.2) is 0 Å². The Bertz CT molecular complexity index is 394. The molecule has 3 nitrogen and oxygen atoms in total. The molecule has 1 aromatic rings. The monoisotopic (exact) mass is 234 g/mol. The normalized spacial score (nSPS) is 22.1. The van der Waals surface area contributed by atoms with Crippen molar-refractivity contribution >= 4 is 5.97 Å².